The van der Waals surface area contributed by atoms with Gasteiger partial charge in [-0.25, -0.2) is 0 Å². The van der Waals surface area contributed by atoms with Gasteiger partial charge in [-0.15, -0.1) is 12.4 Å². The predicted molar refractivity (Wildman–Crippen MR) is 78.6 cm³/mol. The summed E-state index contributed by atoms with van der Waals surface area (Å²) in [6, 6.07) is 10.5. The van der Waals surface area contributed by atoms with Gasteiger partial charge in [0.05, 0.1) is 5.92 Å². The van der Waals surface area contributed by atoms with Crippen LogP contribution in [0.5, 0.6) is 0 Å². The van der Waals surface area contributed by atoms with Crippen LogP contribution in [-0.4, -0.2) is 17.1 Å². The van der Waals surface area contributed by atoms with E-state index in [1.165, 1.54) is 5.56 Å². The van der Waals surface area contributed by atoms with Crippen molar-refractivity contribution in [2.24, 2.45) is 5.92 Å². The fraction of sp³-hybridized carbons (Fsp3) is 0.533. The Kier molecular flexibility index (Phi) is 6.32. The number of carboxylic acids is 1. The average molecular weight is 284 g/mol. The maximum absolute atomic E-state index is 11.2. The quantitative estimate of drug-likeness (QED) is 0.890. The van der Waals surface area contributed by atoms with Crippen molar-refractivity contribution < 1.29 is 9.90 Å². The summed E-state index contributed by atoms with van der Waals surface area (Å²) < 4.78 is 0. The summed E-state index contributed by atoms with van der Waals surface area (Å²) in [4.78, 5) is 11.2. The number of hydrogen-bond donors (Lipinski definition) is 2. The van der Waals surface area contributed by atoms with E-state index < -0.39 is 5.97 Å². The lowest BCUT2D eigenvalue weighted by Gasteiger charge is -2.32. The first-order valence-electron chi connectivity index (χ1n) is 6.72. The molecule has 0 saturated heterocycles. The Morgan fingerprint density at radius 2 is 1.89 bits per heavy atom. The highest BCUT2D eigenvalue weighted by Crippen LogP contribution is 2.27. The van der Waals surface area contributed by atoms with Crippen molar-refractivity contribution in [3.05, 3.63) is 35.9 Å². The summed E-state index contributed by atoms with van der Waals surface area (Å²) in [5.74, 6) is -0.891. The van der Waals surface area contributed by atoms with Gasteiger partial charge in [0.25, 0.3) is 0 Å². The average Bonchev–Trinajstić information content (AvgIpc) is 2.40. The molecule has 0 spiro atoms. The van der Waals surface area contributed by atoms with Crippen LogP contribution in [0.4, 0.5) is 0 Å². The van der Waals surface area contributed by atoms with Gasteiger partial charge >= 0.3 is 5.97 Å². The van der Waals surface area contributed by atoms with Crippen LogP contribution in [-0.2, 0) is 4.79 Å². The molecule has 0 amide bonds. The molecule has 1 aliphatic rings. The van der Waals surface area contributed by atoms with Gasteiger partial charge in [-0.3, -0.25) is 4.79 Å². The zero-order valence-corrected chi connectivity index (χ0v) is 12.0. The number of carbonyl (C=O) groups is 1. The molecule has 1 fully saturated rings. The third-order valence-corrected chi connectivity index (χ3v) is 3.85. The van der Waals surface area contributed by atoms with Gasteiger partial charge in [0.15, 0.2) is 0 Å². The summed E-state index contributed by atoms with van der Waals surface area (Å²) in [5, 5.41) is 12.7. The monoisotopic (exact) mass is 283 g/mol. The van der Waals surface area contributed by atoms with Crippen LogP contribution in [0.15, 0.2) is 30.3 Å². The highest BCUT2D eigenvalue weighted by Gasteiger charge is 2.31. The fourth-order valence-electron chi connectivity index (χ4n) is 2.78. The van der Waals surface area contributed by atoms with Crippen LogP contribution >= 0.6 is 12.4 Å². The second kappa shape index (κ2) is 7.51. The largest absolute Gasteiger partial charge is 0.481 e. The Hall–Kier alpha value is -1.06. The Morgan fingerprint density at radius 3 is 2.53 bits per heavy atom. The lowest BCUT2D eigenvalue weighted by molar-refractivity contribution is -0.143. The van der Waals surface area contributed by atoms with E-state index in [9.17, 15) is 9.90 Å². The minimum absolute atomic E-state index is 0. The van der Waals surface area contributed by atoms with Gasteiger partial charge in [-0.1, -0.05) is 43.2 Å². The Morgan fingerprint density at radius 1 is 1.26 bits per heavy atom. The van der Waals surface area contributed by atoms with Crippen molar-refractivity contribution in [1.29, 1.82) is 0 Å². The predicted octanol–water partition coefficient (Wildman–Crippen LogP) is 3.40. The van der Waals surface area contributed by atoms with Crippen molar-refractivity contribution in [3.8, 4) is 0 Å². The number of aliphatic carboxylic acids is 1. The number of benzene rings is 1. The van der Waals surface area contributed by atoms with Gasteiger partial charge in [0.2, 0.25) is 0 Å². The molecule has 0 heterocycles. The first kappa shape index (κ1) is 16.0. The molecule has 3 atom stereocenters. The smallest absolute Gasteiger partial charge is 0.308 e. The molecule has 0 unspecified atom stereocenters. The highest BCUT2D eigenvalue weighted by atomic mass is 35.5. The van der Waals surface area contributed by atoms with E-state index in [2.05, 4.69) is 24.4 Å². The van der Waals surface area contributed by atoms with E-state index in [1.807, 2.05) is 18.2 Å². The molecule has 0 radical (unpaired) electrons. The van der Waals surface area contributed by atoms with Crippen molar-refractivity contribution in [2.75, 3.05) is 0 Å². The maximum atomic E-state index is 11.2. The minimum atomic E-state index is -0.660. The van der Waals surface area contributed by atoms with E-state index >= 15 is 0 Å². The maximum Gasteiger partial charge on any atom is 0.308 e. The molecule has 0 bridgehead atoms. The lowest BCUT2D eigenvalue weighted by atomic mass is 9.84. The molecule has 1 aromatic rings. The van der Waals surface area contributed by atoms with Crippen LogP contribution in [0, 0.1) is 5.92 Å². The van der Waals surface area contributed by atoms with Gasteiger partial charge < -0.3 is 10.4 Å². The number of carboxylic acid groups (broad SMARTS) is 1. The Bertz CT molecular complexity index is 396. The van der Waals surface area contributed by atoms with Crippen LogP contribution in [0.25, 0.3) is 0 Å². The molecule has 4 heteroatoms. The molecule has 0 aromatic heterocycles. The molecule has 1 saturated carbocycles. The van der Waals surface area contributed by atoms with Gasteiger partial charge in [0, 0.05) is 12.1 Å². The van der Waals surface area contributed by atoms with E-state index in [0.717, 1.165) is 25.7 Å². The third-order valence-electron chi connectivity index (χ3n) is 3.85. The van der Waals surface area contributed by atoms with Crippen LogP contribution in [0.1, 0.15) is 44.2 Å². The molecular weight excluding hydrogens is 262 g/mol. The van der Waals surface area contributed by atoms with Crippen molar-refractivity contribution in [3.63, 3.8) is 0 Å². The van der Waals surface area contributed by atoms with Crippen molar-refractivity contribution in [2.45, 2.75) is 44.7 Å². The molecule has 0 aliphatic heterocycles. The van der Waals surface area contributed by atoms with E-state index in [0.29, 0.717) is 0 Å². The van der Waals surface area contributed by atoms with Gasteiger partial charge in [-0.2, -0.15) is 0 Å². The number of hydrogen-bond acceptors (Lipinski definition) is 2. The first-order valence-corrected chi connectivity index (χ1v) is 6.72. The number of halogens is 1. The van der Waals surface area contributed by atoms with Crippen LogP contribution < -0.4 is 5.32 Å². The Balaban J connectivity index is 0.00000180. The summed E-state index contributed by atoms with van der Waals surface area (Å²) in [5.41, 5.74) is 1.22. The highest BCUT2D eigenvalue weighted by molar-refractivity contribution is 5.85. The molecule has 2 rings (SSSR count). The normalized spacial score (nSPS) is 24.3. The van der Waals surface area contributed by atoms with E-state index in [1.54, 1.807) is 0 Å². The van der Waals surface area contributed by atoms with E-state index in [4.69, 9.17) is 0 Å². The molecular formula is C15H22ClNO2. The molecule has 1 aliphatic carbocycles. The minimum Gasteiger partial charge on any atom is -0.481 e. The van der Waals surface area contributed by atoms with Gasteiger partial charge in [-0.05, 0) is 25.3 Å². The summed E-state index contributed by atoms with van der Waals surface area (Å²) in [6.45, 7) is 2.10. The number of nitrogens with one attached hydrogen (secondary N) is 1. The standard InChI is InChI=1S/C15H21NO2.ClH/c1-11(12-7-3-2-4-8-12)16-14-10-6-5-9-13(14)15(17)18;/h2-4,7-8,11,13-14,16H,5-6,9-10H2,1H3,(H,17,18);1H/t11-,13-,14-;/m1./s1. The molecule has 1 aromatic carbocycles. The van der Waals surface area contributed by atoms with Crippen molar-refractivity contribution >= 4 is 18.4 Å². The van der Waals surface area contributed by atoms with Crippen molar-refractivity contribution in [1.82, 2.24) is 5.32 Å². The van der Waals surface area contributed by atoms with Gasteiger partial charge in [0.1, 0.15) is 0 Å². The molecule has 19 heavy (non-hydrogen) atoms. The summed E-state index contributed by atoms with van der Waals surface area (Å²) in [6.07, 6.45) is 3.93. The SMILES string of the molecule is C[C@@H](N[C@@H]1CCCC[C@H]1C(=O)O)c1ccccc1.Cl. The third kappa shape index (κ3) is 4.22. The van der Waals surface area contributed by atoms with Crippen LogP contribution in [0.2, 0.25) is 0 Å². The molecule has 3 nitrogen and oxygen atoms in total. The first-order chi connectivity index (χ1) is 8.68. The second-order valence-corrected chi connectivity index (χ2v) is 5.13. The zero-order valence-electron chi connectivity index (χ0n) is 11.2. The summed E-state index contributed by atoms with van der Waals surface area (Å²) in [7, 11) is 0. The molecule has 106 valence electrons. The number of rotatable bonds is 4. The second-order valence-electron chi connectivity index (χ2n) is 5.13. The van der Waals surface area contributed by atoms with E-state index in [-0.39, 0.29) is 30.4 Å². The zero-order chi connectivity index (χ0) is 13.0. The topological polar surface area (TPSA) is 49.3 Å². The molecule has 2 N–H and O–H groups in total. The summed E-state index contributed by atoms with van der Waals surface area (Å²) >= 11 is 0. The fourth-order valence-corrected chi connectivity index (χ4v) is 2.78. The lowest BCUT2D eigenvalue weighted by Crippen LogP contribution is -2.43. The Labute approximate surface area is 120 Å². The van der Waals surface area contributed by atoms with Crippen LogP contribution in [0.3, 0.4) is 0 Å².